The first-order valence-electron chi connectivity index (χ1n) is 11.7. The van der Waals surface area contributed by atoms with Crippen LogP contribution in [-0.2, 0) is 16.0 Å². The summed E-state index contributed by atoms with van der Waals surface area (Å²) in [4.78, 5) is 19.2. The summed E-state index contributed by atoms with van der Waals surface area (Å²) >= 11 is 1.63. The number of anilines is 1. The molecule has 32 heavy (non-hydrogen) atoms. The van der Waals surface area contributed by atoms with Crippen molar-refractivity contribution < 1.29 is 9.53 Å². The molecule has 0 radical (unpaired) electrons. The minimum Gasteiger partial charge on any atom is -0.381 e. The summed E-state index contributed by atoms with van der Waals surface area (Å²) in [5.41, 5.74) is 9.52. The first-order chi connectivity index (χ1) is 15.6. The smallest absolute Gasteiger partial charge is 0.235 e. The highest BCUT2D eigenvalue weighted by molar-refractivity contribution is 7.99. The molecule has 4 rings (SSSR count). The fourth-order valence-corrected chi connectivity index (χ4v) is 5.61. The second-order valence-electron chi connectivity index (χ2n) is 8.68. The summed E-state index contributed by atoms with van der Waals surface area (Å²) in [7, 11) is 0. The molecule has 6 nitrogen and oxygen atoms in total. The first kappa shape index (κ1) is 23.1. The van der Waals surface area contributed by atoms with Crippen molar-refractivity contribution in [1.29, 1.82) is 0 Å². The molecule has 2 aromatic rings. The van der Waals surface area contributed by atoms with Crippen LogP contribution in [0.1, 0.15) is 38.2 Å². The Balaban J connectivity index is 1.32. The van der Waals surface area contributed by atoms with Crippen molar-refractivity contribution in [1.82, 2.24) is 9.29 Å². The van der Waals surface area contributed by atoms with Gasteiger partial charge in [-0.2, -0.15) is 0 Å². The summed E-state index contributed by atoms with van der Waals surface area (Å²) < 4.78 is 7.22. The number of piperazine rings is 1. The molecule has 7 heteroatoms. The van der Waals surface area contributed by atoms with Crippen LogP contribution < -0.4 is 10.6 Å². The second kappa shape index (κ2) is 10.7. The van der Waals surface area contributed by atoms with Crippen molar-refractivity contribution in [2.75, 3.05) is 44.3 Å². The monoisotopic (exact) mass is 454 g/mol. The maximum atomic E-state index is 12.1. The van der Waals surface area contributed by atoms with Gasteiger partial charge >= 0.3 is 0 Å². The van der Waals surface area contributed by atoms with Crippen LogP contribution in [0.2, 0.25) is 0 Å². The number of rotatable bonds is 8. The number of benzene rings is 1. The van der Waals surface area contributed by atoms with Crippen LogP contribution in [0, 0.1) is 0 Å². The van der Waals surface area contributed by atoms with Crippen LogP contribution in [0.3, 0.4) is 0 Å². The van der Waals surface area contributed by atoms with Crippen LogP contribution in [-0.4, -0.2) is 59.3 Å². The molecule has 1 aromatic carbocycles. The maximum Gasteiger partial charge on any atom is 0.235 e. The molecule has 2 aliphatic heterocycles. The summed E-state index contributed by atoms with van der Waals surface area (Å²) in [5, 5.41) is 0. The van der Waals surface area contributed by atoms with E-state index in [0.717, 1.165) is 44.0 Å². The minimum atomic E-state index is -0.521. The standard InChI is InChI=1S/C25H34N4O2S/c1-2-3-4-20-5-7-21(8-6-20)22-9-10-23(27-19-22)28-13-15-29(16-14-28)32-25(24(26)30)11-17-31-18-12-25/h5-10,19H,2-4,11-18H2,1H3,(H2,26,30). The average molecular weight is 455 g/mol. The molecule has 3 heterocycles. The van der Waals surface area contributed by atoms with E-state index in [1.54, 1.807) is 11.9 Å². The van der Waals surface area contributed by atoms with Crippen LogP contribution in [0.4, 0.5) is 5.82 Å². The molecule has 1 amide bonds. The quantitative estimate of drug-likeness (QED) is 0.610. The molecule has 0 bridgehead atoms. The van der Waals surface area contributed by atoms with E-state index in [-0.39, 0.29) is 5.91 Å². The van der Waals surface area contributed by atoms with E-state index in [1.807, 2.05) is 6.20 Å². The number of amides is 1. The minimum absolute atomic E-state index is 0.219. The zero-order valence-electron chi connectivity index (χ0n) is 19.0. The van der Waals surface area contributed by atoms with Crippen molar-refractivity contribution >= 4 is 23.7 Å². The van der Waals surface area contributed by atoms with Gasteiger partial charge in [-0.3, -0.25) is 4.79 Å². The Morgan fingerprint density at radius 2 is 1.75 bits per heavy atom. The Morgan fingerprint density at radius 1 is 1.06 bits per heavy atom. The van der Waals surface area contributed by atoms with Gasteiger partial charge in [0.1, 0.15) is 10.6 Å². The normalized spacial score (nSPS) is 19.1. The van der Waals surface area contributed by atoms with Gasteiger partial charge in [-0.25, -0.2) is 9.29 Å². The van der Waals surface area contributed by atoms with Gasteiger partial charge < -0.3 is 15.4 Å². The Hall–Kier alpha value is -2.09. The lowest BCUT2D eigenvalue weighted by atomic mass is 9.98. The Morgan fingerprint density at radius 3 is 2.34 bits per heavy atom. The number of aromatic nitrogens is 1. The molecule has 1 aromatic heterocycles. The number of pyridine rings is 1. The fourth-order valence-electron chi connectivity index (χ4n) is 4.33. The first-order valence-corrected chi connectivity index (χ1v) is 12.5. The third-order valence-electron chi connectivity index (χ3n) is 6.47. The molecule has 0 unspecified atom stereocenters. The third kappa shape index (κ3) is 5.45. The van der Waals surface area contributed by atoms with Crippen LogP contribution in [0.5, 0.6) is 0 Å². The van der Waals surface area contributed by atoms with Gasteiger partial charge in [-0.05, 0) is 48.9 Å². The van der Waals surface area contributed by atoms with E-state index in [4.69, 9.17) is 15.5 Å². The molecular weight excluding hydrogens is 420 g/mol. The van der Waals surface area contributed by atoms with Crippen molar-refractivity contribution in [3.05, 3.63) is 48.2 Å². The molecular formula is C25H34N4O2S. The number of carbonyl (C=O) groups is 1. The Bertz CT molecular complexity index is 874. The van der Waals surface area contributed by atoms with Gasteiger partial charge in [-0.1, -0.05) is 49.6 Å². The lowest BCUT2D eigenvalue weighted by Gasteiger charge is -2.41. The Kier molecular flexibility index (Phi) is 7.71. The molecule has 0 saturated carbocycles. The van der Waals surface area contributed by atoms with Crippen LogP contribution >= 0.6 is 11.9 Å². The summed E-state index contributed by atoms with van der Waals surface area (Å²) in [6, 6.07) is 13.1. The number of hydrogen-bond donors (Lipinski definition) is 1. The average Bonchev–Trinajstić information content (AvgIpc) is 2.84. The number of ether oxygens (including phenoxy) is 1. The van der Waals surface area contributed by atoms with Gasteiger partial charge in [0.15, 0.2) is 0 Å². The Labute approximate surface area is 195 Å². The SMILES string of the molecule is CCCCc1ccc(-c2ccc(N3CCN(SC4(C(N)=O)CCOCC4)CC3)nc2)cc1. The van der Waals surface area contributed by atoms with E-state index < -0.39 is 4.75 Å². The van der Waals surface area contributed by atoms with E-state index in [0.29, 0.717) is 26.1 Å². The van der Waals surface area contributed by atoms with E-state index in [1.165, 1.54) is 24.0 Å². The molecule has 172 valence electrons. The number of carbonyl (C=O) groups excluding carboxylic acids is 1. The van der Waals surface area contributed by atoms with Gasteiger partial charge in [0.25, 0.3) is 0 Å². The lowest BCUT2D eigenvalue weighted by molar-refractivity contribution is -0.122. The number of nitrogens with two attached hydrogens (primary N) is 1. The third-order valence-corrected chi connectivity index (χ3v) is 8.05. The molecule has 0 aliphatic carbocycles. The van der Waals surface area contributed by atoms with Crippen molar-refractivity contribution in [2.24, 2.45) is 5.73 Å². The zero-order valence-corrected chi connectivity index (χ0v) is 19.8. The molecule has 2 saturated heterocycles. The molecule has 0 spiro atoms. The molecule has 0 atom stereocenters. The van der Waals surface area contributed by atoms with Gasteiger partial charge in [-0.15, -0.1) is 0 Å². The largest absolute Gasteiger partial charge is 0.381 e. The van der Waals surface area contributed by atoms with E-state index >= 15 is 0 Å². The predicted octanol–water partition coefficient (Wildman–Crippen LogP) is 3.90. The van der Waals surface area contributed by atoms with Gasteiger partial charge in [0.2, 0.25) is 5.91 Å². The van der Waals surface area contributed by atoms with Crippen molar-refractivity contribution in [2.45, 2.75) is 43.8 Å². The number of aryl methyl sites for hydroxylation is 1. The zero-order chi connectivity index (χ0) is 22.4. The summed E-state index contributed by atoms with van der Waals surface area (Å²) in [6.07, 6.45) is 6.96. The van der Waals surface area contributed by atoms with E-state index in [2.05, 4.69) is 52.5 Å². The molecule has 2 fully saturated rings. The highest BCUT2D eigenvalue weighted by Crippen LogP contribution is 2.38. The van der Waals surface area contributed by atoms with Crippen LogP contribution in [0.15, 0.2) is 42.6 Å². The van der Waals surface area contributed by atoms with Crippen molar-refractivity contribution in [3.63, 3.8) is 0 Å². The van der Waals surface area contributed by atoms with Gasteiger partial charge in [0, 0.05) is 51.2 Å². The second-order valence-corrected chi connectivity index (χ2v) is 10.2. The predicted molar refractivity (Wildman–Crippen MR) is 132 cm³/mol. The van der Waals surface area contributed by atoms with E-state index in [9.17, 15) is 4.79 Å². The highest BCUT2D eigenvalue weighted by atomic mass is 32.2. The highest BCUT2D eigenvalue weighted by Gasteiger charge is 2.41. The van der Waals surface area contributed by atoms with Crippen molar-refractivity contribution in [3.8, 4) is 11.1 Å². The van der Waals surface area contributed by atoms with Gasteiger partial charge in [0.05, 0.1) is 0 Å². The molecule has 2 aliphatic rings. The number of hydrogen-bond acceptors (Lipinski definition) is 6. The number of nitrogens with zero attached hydrogens (tertiary/aromatic N) is 3. The fraction of sp³-hybridized carbons (Fsp3) is 0.520. The lowest BCUT2D eigenvalue weighted by Crippen LogP contribution is -2.51. The van der Waals surface area contributed by atoms with Crippen LogP contribution in [0.25, 0.3) is 11.1 Å². The molecule has 2 N–H and O–H groups in total. The summed E-state index contributed by atoms with van der Waals surface area (Å²) in [5.74, 6) is 0.789. The maximum absolute atomic E-state index is 12.1. The topological polar surface area (TPSA) is 71.7 Å². The number of unbranched alkanes of at least 4 members (excludes halogenated alkanes) is 1. The summed E-state index contributed by atoms with van der Waals surface area (Å²) in [6.45, 7) is 6.96. The number of primary amides is 1.